The number of nitrogens with zero attached hydrogens (tertiary/aromatic N) is 2. The molecule has 1 heterocycles. The summed E-state index contributed by atoms with van der Waals surface area (Å²) >= 11 is 0. The molecule has 1 aromatic heterocycles. The fraction of sp³-hybridized carbons (Fsp3) is 0.318. The summed E-state index contributed by atoms with van der Waals surface area (Å²) in [6.07, 6.45) is 3.01. The number of ether oxygens (including phenoxy) is 2. The van der Waals surface area contributed by atoms with Crippen LogP contribution >= 0.6 is 0 Å². The number of benzene rings is 2. The van der Waals surface area contributed by atoms with Gasteiger partial charge in [0.05, 0.1) is 13.2 Å². The van der Waals surface area contributed by atoms with Crippen LogP contribution in [0.25, 0.3) is 0 Å². The van der Waals surface area contributed by atoms with E-state index in [2.05, 4.69) is 10.3 Å². The first-order valence-corrected chi connectivity index (χ1v) is 9.29. The van der Waals surface area contributed by atoms with E-state index in [-0.39, 0.29) is 12.6 Å². The summed E-state index contributed by atoms with van der Waals surface area (Å²) in [5, 5.41) is 13.8. The van der Waals surface area contributed by atoms with Gasteiger partial charge in [0.1, 0.15) is 30.0 Å². The molecule has 2 unspecified atom stereocenters. The Kier molecular flexibility index (Phi) is 6.68. The maximum absolute atomic E-state index is 10.4. The van der Waals surface area contributed by atoms with Crippen molar-refractivity contribution >= 4 is 0 Å². The van der Waals surface area contributed by atoms with Crippen molar-refractivity contribution in [2.45, 2.75) is 19.1 Å². The molecule has 0 fully saturated rings. The lowest BCUT2D eigenvalue weighted by atomic mass is 10.1. The zero-order valence-electron chi connectivity index (χ0n) is 16.5. The molecule has 148 valence electrons. The average Bonchev–Trinajstić information content (AvgIpc) is 3.13. The minimum absolute atomic E-state index is 0.178. The SMILES string of the molecule is COc1cccc(C(NCC(O)COc2ccccc2C)c2nccn2C)c1. The van der Waals surface area contributed by atoms with Crippen molar-refractivity contribution in [3.63, 3.8) is 0 Å². The molecule has 0 saturated carbocycles. The summed E-state index contributed by atoms with van der Waals surface area (Å²) in [4.78, 5) is 4.48. The number of methoxy groups -OCH3 is 1. The van der Waals surface area contributed by atoms with Crippen LogP contribution in [-0.4, -0.2) is 41.0 Å². The highest BCUT2D eigenvalue weighted by Crippen LogP contribution is 2.24. The summed E-state index contributed by atoms with van der Waals surface area (Å²) in [5.74, 6) is 2.43. The van der Waals surface area contributed by atoms with Gasteiger partial charge in [-0.3, -0.25) is 0 Å². The van der Waals surface area contributed by atoms with Crippen LogP contribution in [0.15, 0.2) is 60.9 Å². The molecule has 3 aromatic rings. The van der Waals surface area contributed by atoms with Crippen LogP contribution in [-0.2, 0) is 7.05 Å². The zero-order valence-corrected chi connectivity index (χ0v) is 16.5. The minimum Gasteiger partial charge on any atom is -0.497 e. The molecule has 6 heteroatoms. The lowest BCUT2D eigenvalue weighted by molar-refractivity contribution is 0.104. The van der Waals surface area contributed by atoms with Gasteiger partial charge in [-0.15, -0.1) is 0 Å². The van der Waals surface area contributed by atoms with E-state index in [0.717, 1.165) is 28.5 Å². The molecule has 6 nitrogen and oxygen atoms in total. The average molecular weight is 381 g/mol. The highest BCUT2D eigenvalue weighted by Gasteiger charge is 2.20. The number of aliphatic hydroxyl groups is 1. The normalized spacial score (nSPS) is 13.1. The molecule has 0 amide bonds. The fourth-order valence-electron chi connectivity index (χ4n) is 3.05. The zero-order chi connectivity index (χ0) is 19.9. The monoisotopic (exact) mass is 381 g/mol. The molecule has 2 aromatic carbocycles. The van der Waals surface area contributed by atoms with E-state index in [4.69, 9.17) is 9.47 Å². The van der Waals surface area contributed by atoms with Crippen molar-refractivity contribution in [2.24, 2.45) is 7.05 Å². The number of rotatable bonds is 9. The van der Waals surface area contributed by atoms with Crippen LogP contribution in [0, 0.1) is 6.92 Å². The first kappa shape index (κ1) is 19.9. The summed E-state index contributed by atoms with van der Waals surface area (Å²) in [6.45, 7) is 2.56. The third-order valence-corrected chi connectivity index (χ3v) is 4.63. The van der Waals surface area contributed by atoms with Crippen molar-refractivity contribution in [1.82, 2.24) is 14.9 Å². The van der Waals surface area contributed by atoms with E-state index in [1.807, 2.05) is 73.3 Å². The first-order chi connectivity index (χ1) is 13.6. The maximum atomic E-state index is 10.4. The topological polar surface area (TPSA) is 68.5 Å². The van der Waals surface area contributed by atoms with E-state index in [9.17, 15) is 5.11 Å². The van der Waals surface area contributed by atoms with Crippen LogP contribution in [0.5, 0.6) is 11.5 Å². The van der Waals surface area contributed by atoms with Crippen molar-refractivity contribution < 1.29 is 14.6 Å². The number of imidazole rings is 1. The third-order valence-electron chi connectivity index (χ3n) is 4.63. The highest BCUT2D eigenvalue weighted by molar-refractivity contribution is 5.34. The largest absolute Gasteiger partial charge is 0.497 e. The Balaban J connectivity index is 1.68. The molecule has 3 rings (SSSR count). The maximum Gasteiger partial charge on any atom is 0.130 e. The third kappa shape index (κ3) is 4.91. The highest BCUT2D eigenvalue weighted by atomic mass is 16.5. The molecule has 0 bridgehead atoms. The summed E-state index contributed by atoms with van der Waals surface area (Å²) in [6, 6.07) is 15.4. The second-order valence-corrected chi connectivity index (χ2v) is 6.74. The molecule has 0 aliphatic rings. The Bertz CT molecular complexity index is 894. The molecule has 0 saturated heterocycles. The van der Waals surface area contributed by atoms with Gasteiger partial charge in [-0.1, -0.05) is 30.3 Å². The molecule has 2 atom stereocenters. The molecule has 28 heavy (non-hydrogen) atoms. The van der Waals surface area contributed by atoms with Gasteiger partial charge in [-0.25, -0.2) is 4.98 Å². The molecule has 0 radical (unpaired) electrons. The second kappa shape index (κ2) is 9.39. The quantitative estimate of drug-likeness (QED) is 0.597. The van der Waals surface area contributed by atoms with Crippen LogP contribution in [0.1, 0.15) is 23.0 Å². The Morgan fingerprint density at radius 3 is 2.71 bits per heavy atom. The fourth-order valence-corrected chi connectivity index (χ4v) is 3.05. The van der Waals surface area contributed by atoms with Crippen molar-refractivity contribution in [3.8, 4) is 11.5 Å². The van der Waals surface area contributed by atoms with Gasteiger partial charge in [0.2, 0.25) is 0 Å². The van der Waals surface area contributed by atoms with Crippen LogP contribution in [0.2, 0.25) is 0 Å². The van der Waals surface area contributed by atoms with E-state index in [1.54, 1.807) is 13.3 Å². The van der Waals surface area contributed by atoms with E-state index in [0.29, 0.717) is 6.54 Å². The smallest absolute Gasteiger partial charge is 0.130 e. The van der Waals surface area contributed by atoms with Crippen molar-refractivity contribution in [2.75, 3.05) is 20.3 Å². The van der Waals surface area contributed by atoms with Gasteiger partial charge in [-0.05, 0) is 36.2 Å². The number of aliphatic hydroxyl groups excluding tert-OH is 1. The lowest BCUT2D eigenvalue weighted by Gasteiger charge is -2.22. The van der Waals surface area contributed by atoms with Gasteiger partial charge in [0, 0.05) is 26.0 Å². The Hall–Kier alpha value is -2.83. The van der Waals surface area contributed by atoms with Gasteiger partial charge in [0.25, 0.3) is 0 Å². The number of hydrogen-bond donors (Lipinski definition) is 2. The predicted octanol–water partition coefficient (Wildman–Crippen LogP) is 2.86. The van der Waals surface area contributed by atoms with Crippen LogP contribution < -0.4 is 14.8 Å². The molecule has 0 aliphatic carbocycles. The van der Waals surface area contributed by atoms with E-state index in [1.165, 1.54) is 0 Å². The standard InChI is InChI=1S/C22H27N3O3/c1-16-7-4-5-10-20(16)28-15-18(26)14-24-21(22-23-11-12-25(22)2)17-8-6-9-19(13-17)27-3/h4-13,18,21,24,26H,14-15H2,1-3H3. The number of para-hydroxylation sites is 1. The summed E-state index contributed by atoms with van der Waals surface area (Å²) in [5.41, 5.74) is 2.06. The van der Waals surface area contributed by atoms with Crippen molar-refractivity contribution in [3.05, 3.63) is 77.9 Å². The summed E-state index contributed by atoms with van der Waals surface area (Å²) < 4.78 is 13.1. The number of nitrogens with one attached hydrogen (secondary N) is 1. The summed E-state index contributed by atoms with van der Waals surface area (Å²) in [7, 11) is 3.60. The second-order valence-electron chi connectivity index (χ2n) is 6.74. The van der Waals surface area contributed by atoms with Crippen LogP contribution in [0.3, 0.4) is 0 Å². The lowest BCUT2D eigenvalue weighted by Crippen LogP contribution is -2.35. The molecule has 2 N–H and O–H groups in total. The first-order valence-electron chi connectivity index (χ1n) is 9.29. The van der Waals surface area contributed by atoms with E-state index < -0.39 is 6.10 Å². The molecular weight excluding hydrogens is 354 g/mol. The van der Waals surface area contributed by atoms with Gasteiger partial charge in [0.15, 0.2) is 0 Å². The Morgan fingerprint density at radius 2 is 2.00 bits per heavy atom. The van der Waals surface area contributed by atoms with E-state index >= 15 is 0 Å². The molecule has 0 aliphatic heterocycles. The number of aromatic nitrogens is 2. The molecule has 0 spiro atoms. The Labute approximate surface area is 165 Å². The van der Waals surface area contributed by atoms with Gasteiger partial charge < -0.3 is 24.5 Å². The number of hydrogen-bond acceptors (Lipinski definition) is 5. The van der Waals surface area contributed by atoms with Gasteiger partial charge in [-0.2, -0.15) is 0 Å². The van der Waals surface area contributed by atoms with Gasteiger partial charge >= 0.3 is 0 Å². The van der Waals surface area contributed by atoms with Crippen molar-refractivity contribution in [1.29, 1.82) is 0 Å². The minimum atomic E-state index is -0.659. The molecular formula is C22H27N3O3. The van der Waals surface area contributed by atoms with Crippen LogP contribution in [0.4, 0.5) is 0 Å². The number of aryl methyl sites for hydroxylation is 2. The predicted molar refractivity (Wildman–Crippen MR) is 109 cm³/mol. The Morgan fingerprint density at radius 1 is 1.18 bits per heavy atom.